The fourth-order valence-corrected chi connectivity index (χ4v) is 1.96. The average Bonchev–Trinajstić information content (AvgIpc) is 2.39. The van der Waals surface area contributed by atoms with Crippen LogP contribution in [0.2, 0.25) is 0 Å². The Balaban J connectivity index is 2.93. The summed E-state index contributed by atoms with van der Waals surface area (Å²) in [4.78, 5) is 10.5. The van der Waals surface area contributed by atoms with Crippen molar-refractivity contribution in [2.45, 2.75) is 78.1 Å². The maximum Gasteiger partial charge on any atom is 0.302 e. The molecule has 0 atom stereocenters. The maximum absolute atomic E-state index is 10.5. The van der Waals surface area contributed by atoms with Gasteiger partial charge in [-0.1, -0.05) is 51.9 Å². The molecule has 0 heterocycles. The van der Waals surface area contributed by atoms with Gasteiger partial charge in [0.2, 0.25) is 0 Å². The smallest absolute Gasteiger partial charge is 0.302 e. The lowest BCUT2D eigenvalue weighted by atomic mass is 10.1. The van der Waals surface area contributed by atoms with Crippen molar-refractivity contribution in [1.29, 1.82) is 0 Å². The molecule has 3 heteroatoms. The van der Waals surface area contributed by atoms with Gasteiger partial charge in [-0.25, -0.2) is 0 Å². The van der Waals surface area contributed by atoms with Gasteiger partial charge >= 0.3 is 5.97 Å². The van der Waals surface area contributed by atoms with E-state index in [9.17, 15) is 4.79 Å². The number of hydrogen-bond donors (Lipinski definition) is 0. The molecule has 0 aromatic carbocycles. The first-order valence-electron chi connectivity index (χ1n) is 7.98. The van der Waals surface area contributed by atoms with Gasteiger partial charge in [0.05, 0.1) is 6.61 Å². The molecule has 0 aromatic rings. The van der Waals surface area contributed by atoms with Crippen LogP contribution < -0.4 is 0 Å². The zero-order valence-electron chi connectivity index (χ0n) is 12.9. The normalized spacial score (nSPS) is 10.6. The van der Waals surface area contributed by atoms with E-state index in [-0.39, 0.29) is 5.97 Å². The molecule has 0 aliphatic carbocycles. The lowest BCUT2D eigenvalue weighted by molar-refractivity contribution is -0.141. The summed E-state index contributed by atoms with van der Waals surface area (Å²) in [5, 5.41) is 0. The van der Waals surface area contributed by atoms with Gasteiger partial charge in [0.25, 0.3) is 0 Å². The van der Waals surface area contributed by atoms with E-state index in [1.165, 1.54) is 58.3 Å². The van der Waals surface area contributed by atoms with E-state index in [1.807, 2.05) is 0 Å². The highest BCUT2D eigenvalue weighted by atomic mass is 16.5. The van der Waals surface area contributed by atoms with Gasteiger partial charge < -0.3 is 9.47 Å². The molecule has 0 N–H and O–H groups in total. The minimum atomic E-state index is -0.195. The second kappa shape index (κ2) is 15.5. The Morgan fingerprint density at radius 1 is 0.737 bits per heavy atom. The van der Waals surface area contributed by atoms with Crippen LogP contribution in [0, 0.1) is 0 Å². The molecule has 0 aliphatic rings. The Labute approximate surface area is 119 Å². The van der Waals surface area contributed by atoms with Gasteiger partial charge in [0, 0.05) is 20.1 Å². The van der Waals surface area contributed by atoms with E-state index >= 15 is 0 Å². The molecule has 0 aliphatic heterocycles. The highest BCUT2D eigenvalue weighted by Gasteiger charge is 1.94. The van der Waals surface area contributed by atoms with Crippen molar-refractivity contribution in [3.05, 3.63) is 0 Å². The largest absolute Gasteiger partial charge is 0.466 e. The summed E-state index contributed by atoms with van der Waals surface area (Å²) in [6, 6.07) is 0. The molecule has 0 spiro atoms. The molecule has 0 aromatic heterocycles. The van der Waals surface area contributed by atoms with E-state index in [1.54, 1.807) is 0 Å². The quantitative estimate of drug-likeness (QED) is 0.345. The molecule has 0 amide bonds. The summed E-state index contributed by atoms with van der Waals surface area (Å²) in [6.07, 6.45) is 12.6. The Bertz CT molecular complexity index is 192. The van der Waals surface area contributed by atoms with Crippen molar-refractivity contribution in [2.24, 2.45) is 0 Å². The molecule has 0 saturated carbocycles. The molecule has 19 heavy (non-hydrogen) atoms. The standard InChI is InChI=1S/C16H32O3/c1-3-4-5-6-7-8-9-10-13-18-14-11-12-15-19-16(2)17/h3-15H2,1-2H3. The monoisotopic (exact) mass is 272 g/mol. The Morgan fingerprint density at radius 3 is 1.79 bits per heavy atom. The van der Waals surface area contributed by atoms with Crippen LogP contribution >= 0.6 is 0 Å². The van der Waals surface area contributed by atoms with Crippen LogP contribution in [0.15, 0.2) is 0 Å². The first kappa shape index (κ1) is 18.4. The number of carbonyl (C=O) groups excluding carboxylic acids is 1. The van der Waals surface area contributed by atoms with E-state index < -0.39 is 0 Å². The lowest BCUT2D eigenvalue weighted by Gasteiger charge is -2.05. The van der Waals surface area contributed by atoms with Gasteiger partial charge in [-0.15, -0.1) is 0 Å². The predicted octanol–water partition coefficient (Wildman–Crippen LogP) is 4.49. The predicted molar refractivity (Wildman–Crippen MR) is 79.3 cm³/mol. The van der Waals surface area contributed by atoms with Crippen molar-refractivity contribution >= 4 is 5.97 Å². The zero-order chi connectivity index (χ0) is 14.2. The van der Waals surface area contributed by atoms with E-state index in [0.717, 1.165) is 26.1 Å². The van der Waals surface area contributed by atoms with Crippen LogP contribution in [-0.2, 0) is 14.3 Å². The highest BCUT2D eigenvalue weighted by Crippen LogP contribution is 2.08. The van der Waals surface area contributed by atoms with Gasteiger partial charge in [-0.05, 0) is 19.3 Å². The Kier molecular flexibility index (Phi) is 15.0. The summed E-state index contributed by atoms with van der Waals surface area (Å²) in [6.45, 7) is 5.89. The minimum Gasteiger partial charge on any atom is -0.466 e. The van der Waals surface area contributed by atoms with Crippen LogP contribution in [0.25, 0.3) is 0 Å². The van der Waals surface area contributed by atoms with Crippen LogP contribution in [0.4, 0.5) is 0 Å². The molecule has 114 valence electrons. The van der Waals surface area contributed by atoms with E-state index in [2.05, 4.69) is 6.92 Å². The first-order chi connectivity index (χ1) is 9.27. The molecule has 3 nitrogen and oxygen atoms in total. The number of unbranched alkanes of at least 4 members (excludes halogenated alkanes) is 8. The van der Waals surface area contributed by atoms with Crippen molar-refractivity contribution in [3.8, 4) is 0 Å². The van der Waals surface area contributed by atoms with Crippen LogP contribution in [0.3, 0.4) is 0 Å². The minimum absolute atomic E-state index is 0.195. The molecule has 0 unspecified atom stereocenters. The summed E-state index contributed by atoms with van der Waals surface area (Å²) in [5.74, 6) is -0.195. The second-order valence-corrected chi connectivity index (χ2v) is 5.13. The fraction of sp³-hybridized carbons (Fsp3) is 0.938. The molecule has 0 rings (SSSR count). The summed E-state index contributed by atoms with van der Waals surface area (Å²) < 4.78 is 10.4. The van der Waals surface area contributed by atoms with E-state index in [4.69, 9.17) is 9.47 Å². The number of rotatable bonds is 14. The van der Waals surface area contributed by atoms with Crippen molar-refractivity contribution in [3.63, 3.8) is 0 Å². The molecule has 0 radical (unpaired) electrons. The number of esters is 1. The van der Waals surface area contributed by atoms with Gasteiger partial charge in [-0.3, -0.25) is 4.79 Å². The van der Waals surface area contributed by atoms with E-state index in [0.29, 0.717) is 6.61 Å². The third-order valence-electron chi connectivity index (χ3n) is 3.13. The molecular weight excluding hydrogens is 240 g/mol. The lowest BCUT2D eigenvalue weighted by Crippen LogP contribution is -2.03. The Morgan fingerprint density at radius 2 is 1.21 bits per heavy atom. The van der Waals surface area contributed by atoms with Crippen molar-refractivity contribution in [1.82, 2.24) is 0 Å². The van der Waals surface area contributed by atoms with Crippen molar-refractivity contribution in [2.75, 3.05) is 19.8 Å². The van der Waals surface area contributed by atoms with Gasteiger partial charge in [0.1, 0.15) is 0 Å². The molecule has 0 bridgehead atoms. The Hall–Kier alpha value is -0.570. The third kappa shape index (κ3) is 17.4. The third-order valence-corrected chi connectivity index (χ3v) is 3.13. The molecular formula is C16H32O3. The van der Waals surface area contributed by atoms with Crippen LogP contribution in [0.1, 0.15) is 78.1 Å². The number of hydrogen-bond acceptors (Lipinski definition) is 3. The summed E-state index contributed by atoms with van der Waals surface area (Å²) >= 11 is 0. The fourth-order valence-electron chi connectivity index (χ4n) is 1.96. The maximum atomic E-state index is 10.5. The summed E-state index contributed by atoms with van der Waals surface area (Å²) in [7, 11) is 0. The SMILES string of the molecule is CCCCCCCCCCOCCCCOC(C)=O. The summed E-state index contributed by atoms with van der Waals surface area (Å²) in [5.41, 5.74) is 0. The average molecular weight is 272 g/mol. The zero-order valence-corrected chi connectivity index (χ0v) is 12.9. The molecule has 0 fully saturated rings. The van der Waals surface area contributed by atoms with Crippen LogP contribution in [-0.4, -0.2) is 25.8 Å². The highest BCUT2D eigenvalue weighted by molar-refractivity contribution is 5.65. The molecule has 0 saturated heterocycles. The van der Waals surface area contributed by atoms with Crippen molar-refractivity contribution < 1.29 is 14.3 Å². The van der Waals surface area contributed by atoms with Gasteiger partial charge in [0.15, 0.2) is 0 Å². The number of carbonyl (C=O) groups is 1. The first-order valence-corrected chi connectivity index (χ1v) is 7.98. The van der Waals surface area contributed by atoms with Crippen LogP contribution in [0.5, 0.6) is 0 Å². The topological polar surface area (TPSA) is 35.5 Å². The van der Waals surface area contributed by atoms with Gasteiger partial charge in [-0.2, -0.15) is 0 Å². The number of ether oxygens (including phenoxy) is 2. The second-order valence-electron chi connectivity index (χ2n) is 5.13.